The summed E-state index contributed by atoms with van der Waals surface area (Å²) in [6.45, 7) is 8.89. The normalized spacial score (nSPS) is 24.2. The lowest BCUT2D eigenvalue weighted by Gasteiger charge is -2.40. The molecule has 0 radical (unpaired) electrons. The van der Waals surface area contributed by atoms with Crippen LogP contribution in [0.25, 0.3) is 0 Å². The molecule has 3 rings (SSSR count). The summed E-state index contributed by atoms with van der Waals surface area (Å²) in [7, 11) is 1.63. The molecule has 1 amide bonds. The molecule has 8 heteroatoms. The van der Waals surface area contributed by atoms with Gasteiger partial charge in [0.05, 0.1) is 6.54 Å². The average Bonchev–Trinajstić information content (AvgIpc) is 2.99. The van der Waals surface area contributed by atoms with E-state index < -0.39 is 5.60 Å². The number of nitrogens with zero attached hydrogens (tertiary/aromatic N) is 2. The minimum atomic E-state index is -0.487. The van der Waals surface area contributed by atoms with E-state index in [4.69, 9.17) is 14.5 Å². The number of halogens is 1. The van der Waals surface area contributed by atoms with Crippen molar-refractivity contribution in [2.75, 3.05) is 20.2 Å². The number of amides is 1. The zero-order chi connectivity index (χ0) is 23.3. The maximum atomic E-state index is 13.2. The van der Waals surface area contributed by atoms with Crippen LogP contribution in [0, 0.1) is 5.82 Å². The van der Waals surface area contributed by atoms with E-state index in [1.54, 1.807) is 19.2 Å². The molecule has 1 aromatic rings. The first kappa shape index (κ1) is 24.3. The van der Waals surface area contributed by atoms with Crippen molar-refractivity contribution >= 4 is 12.1 Å². The van der Waals surface area contributed by atoms with E-state index in [1.165, 1.54) is 12.1 Å². The number of rotatable bonds is 6. The van der Waals surface area contributed by atoms with Gasteiger partial charge in [0.1, 0.15) is 17.5 Å². The van der Waals surface area contributed by atoms with Crippen LogP contribution in [0.3, 0.4) is 0 Å². The third kappa shape index (κ3) is 6.34. The largest absolute Gasteiger partial charge is 0.444 e. The van der Waals surface area contributed by atoms with Crippen LogP contribution in [0.5, 0.6) is 0 Å². The lowest BCUT2D eigenvalue weighted by molar-refractivity contribution is 0.00544. The molecule has 2 heterocycles. The fourth-order valence-corrected chi connectivity index (χ4v) is 4.59. The maximum absolute atomic E-state index is 13.2. The van der Waals surface area contributed by atoms with Crippen molar-refractivity contribution in [2.24, 2.45) is 4.99 Å². The molecule has 1 aromatic carbocycles. The molecule has 0 aromatic heterocycles. The number of carbonyl (C=O) groups is 1. The fraction of sp³-hybridized carbons (Fsp3) is 0.667. The number of ether oxygens (including phenoxy) is 2. The average molecular weight is 449 g/mol. The molecule has 7 nitrogen and oxygen atoms in total. The number of hydrogen-bond acceptors (Lipinski definition) is 4. The Morgan fingerprint density at radius 3 is 2.38 bits per heavy atom. The minimum absolute atomic E-state index is 0.190. The molecular formula is C24H37FN4O3. The van der Waals surface area contributed by atoms with Crippen molar-refractivity contribution in [3.8, 4) is 0 Å². The van der Waals surface area contributed by atoms with Crippen LogP contribution in [-0.2, 0) is 9.47 Å². The second-order valence-corrected chi connectivity index (χ2v) is 9.58. The molecule has 2 aliphatic heterocycles. The first-order chi connectivity index (χ1) is 15.2. The zero-order valence-electron chi connectivity index (χ0n) is 19.9. The Morgan fingerprint density at radius 1 is 1.22 bits per heavy atom. The van der Waals surface area contributed by atoms with Gasteiger partial charge in [0, 0.05) is 31.8 Å². The Hall–Kier alpha value is -2.35. The van der Waals surface area contributed by atoms with Gasteiger partial charge in [-0.05, 0) is 71.1 Å². The smallest absolute Gasteiger partial charge is 0.410 e. The van der Waals surface area contributed by atoms with E-state index >= 15 is 0 Å². The number of methoxy groups -OCH3 is 1. The molecule has 32 heavy (non-hydrogen) atoms. The van der Waals surface area contributed by atoms with Gasteiger partial charge in [0.25, 0.3) is 0 Å². The molecule has 2 N–H and O–H groups in total. The van der Waals surface area contributed by atoms with Crippen molar-refractivity contribution in [3.05, 3.63) is 35.6 Å². The number of nitrogens with one attached hydrogen (secondary N) is 2. The molecule has 2 aliphatic rings. The summed E-state index contributed by atoms with van der Waals surface area (Å²) in [5.74, 6) is 0.459. The van der Waals surface area contributed by atoms with Gasteiger partial charge in [0.15, 0.2) is 5.96 Å². The number of hydrogen-bond donors (Lipinski definition) is 2. The van der Waals surface area contributed by atoms with Gasteiger partial charge in [-0.15, -0.1) is 0 Å². The quantitative estimate of drug-likeness (QED) is 0.508. The Labute approximate surface area is 190 Å². The Morgan fingerprint density at radius 2 is 1.84 bits per heavy atom. The van der Waals surface area contributed by atoms with E-state index in [0.717, 1.165) is 43.8 Å². The topological polar surface area (TPSA) is 75.2 Å². The van der Waals surface area contributed by atoms with E-state index in [0.29, 0.717) is 6.54 Å². The van der Waals surface area contributed by atoms with Crippen LogP contribution < -0.4 is 10.6 Å². The van der Waals surface area contributed by atoms with Crippen LogP contribution in [0.2, 0.25) is 0 Å². The molecule has 2 bridgehead atoms. The van der Waals surface area contributed by atoms with E-state index in [9.17, 15) is 9.18 Å². The lowest BCUT2D eigenvalue weighted by Crippen LogP contribution is -2.55. The third-order valence-corrected chi connectivity index (χ3v) is 5.96. The van der Waals surface area contributed by atoms with Gasteiger partial charge >= 0.3 is 6.09 Å². The highest BCUT2D eigenvalue weighted by Crippen LogP contribution is 2.36. The summed E-state index contributed by atoms with van der Waals surface area (Å²) in [6, 6.07) is 6.93. The highest BCUT2D eigenvalue weighted by Gasteiger charge is 2.45. The number of carbonyl (C=O) groups excluding carboxylic acids is 1. The number of benzene rings is 1. The lowest BCUT2D eigenvalue weighted by atomic mass is 9.98. The van der Waals surface area contributed by atoms with Crippen molar-refractivity contribution < 1.29 is 18.7 Å². The molecule has 2 saturated heterocycles. The number of fused-ring (bicyclic) bond motifs is 2. The minimum Gasteiger partial charge on any atom is -0.444 e. The van der Waals surface area contributed by atoms with Crippen molar-refractivity contribution in [1.82, 2.24) is 15.5 Å². The monoisotopic (exact) mass is 448 g/mol. The molecule has 0 saturated carbocycles. The fourth-order valence-electron chi connectivity index (χ4n) is 4.59. The number of aliphatic imine (C=N–C) groups is 1. The molecule has 0 aliphatic carbocycles. The van der Waals surface area contributed by atoms with Gasteiger partial charge in [-0.3, -0.25) is 4.99 Å². The van der Waals surface area contributed by atoms with Crippen LogP contribution in [0.4, 0.5) is 9.18 Å². The van der Waals surface area contributed by atoms with Crippen molar-refractivity contribution in [2.45, 2.75) is 83.2 Å². The SMILES string of the molecule is CCNC(=NCC(OC)c1ccc(F)cc1)NC1CC2CCC(C1)N2C(=O)OC(C)(C)C. The first-order valence-corrected chi connectivity index (χ1v) is 11.5. The predicted molar refractivity (Wildman–Crippen MR) is 123 cm³/mol. The molecule has 2 fully saturated rings. The van der Waals surface area contributed by atoms with Gasteiger partial charge in [0.2, 0.25) is 0 Å². The highest BCUT2D eigenvalue weighted by molar-refractivity contribution is 5.80. The van der Waals surface area contributed by atoms with Crippen LogP contribution in [0.15, 0.2) is 29.3 Å². The van der Waals surface area contributed by atoms with Crippen molar-refractivity contribution in [1.29, 1.82) is 0 Å². The summed E-state index contributed by atoms with van der Waals surface area (Å²) in [4.78, 5) is 19.4. The molecule has 178 valence electrons. The van der Waals surface area contributed by atoms with Gasteiger partial charge < -0.3 is 25.0 Å². The molecule has 3 unspecified atom stereocenters. The standard InChI is InChI=1S/C24H37FN4O3/c1-6-26-22(27-15-21(31-5)16-7-9-17(25)10-8-16)28-18-13-19-11-12-20(14-18)29(19)23(30)32-24(2,3)4/h7-10,18-21H,6,11-15H2,1-5H3,(H2,26,27,28). The summed E-state index contributed by atoms with van der Waals surface area (Å²) in [5, 5.41) is 6.85. The Balaban J connectivity index is 1.62. The van der Waals surface area contributed by atoms with Gasteiger partial charge in [-0.1, -0.05) is 12.1 Å². The summed E-state index contributed by atoms with van der Waals surface area (Å²) in [6.07, 6.45) is 3.29. The molecular weight excluding hydrogens is 411 g/mol. The Kier molecular flexibility index (Phi) is 7.98. The van der Waals surface area contributed by atoms with E-state index in [2.05, 4.69) is 10.6 Å². The van der Waals surface area contributed by atoms with Crippen LogP contribution in [-0.4, -0.2) is 60.9 Å². The van der Waals surface area contributed by atoms with Gasteiger partial charge in [-0.2, -0.15) is 0 Å². The first-order valence-electron chi connectivity index (χ1n) is 11.5. The zero-order valence-corrected chi connectivity index (χ0v) is 19.9. The van der Waals surface area contributed by atoms with Crippen LogP contribution >= 0.6 is 0 Å². The third-order valence-electron chi connectivity index (χ3n) is 5.96. The maximum Gasteiger partial charge on any atom is 0.410 e. The molecule has 3 atom stereocenters. The van der Waals surface area contributed by atoms with E-state index in [1.807, 2.05) is 32.6 Å². The second kappa shape index (κ2) is 10.5. The summed E-state index contributed by atoms with van der Waals surface area (Å²) < 4.78 is 24.4. The van der Waals surface area contributed by atoms with Gasteiger partial charge in [-0.25, -0.2) is 9.18 Å². The highest BCUT2D eigenvalue weighted by atomic mass is 19.1. The Bertz CT molecular complexity index is 779. The van der Waals surface area contributed by atoms with Crippen molar-refractivity contribution in [3.63, 3.8) is 0 Å². The summed E-state index contributed by atoms with van der Waals surface area (Å²) >= 11 is 0. The predicted octanol–water partition coefficient (Wildman–Crippen LogP) is 4.00. The second-order valence-electron chi connectivity index (χ2n) is 9.58. The van der Waals surface area contributed by atoms with E-state index in [-0.39, 0.29) is 36.1 Å². The number of guanidine groups is 1. The number of piperidine rings is 1. The summed E-state index contributed by atoms with van der Waals surface area (Å²) in [5.41, 5.74) is 0.399. The van der Waals surface area contributed by atoms with Crippen LogP contribution in [0.1, 0.15) is 65.0 Å². The molecule has 0 spiro atoms.